The van der Waals surface area contributed by atoms with Crippen LogP contribution in [-0.4, -0.2) is 27.2 Å². The van der Waals surface area contributed by atoms with E-state index < -0.39 is 12.7 Å². The van der Waals surface area contributed by atoms with Gasteiger partial charge in [-0.25, -0.2) is 0 Å². The summed E-state index contributed by atoms with van der Waals surface area (Å²) in [5, 5.41) is 11.5. The van der Waals surface area contributed by atoms with E-state index in [9.17, 15) is 13.2 Å². The zero-order chi connectivity index (χ0) is 12.6. The van der Waals surface area contributed by atoms with Crippen LogP contribution in [0.4, 0.5) is 13.2 Å². The molecule has 90 valence electrons. The predicted octanol–water partition coefficient (Wildman–Crippen LogP) is 2.30. The number of nitrogens with zero attached hydrogens (tertiary/aromatic N) is 3. The molecule has 0 aliphatic heterocycles. The first-order valence-electron chi connectivity index (χ1n) is 4.81. The zero-order valence-corrected chi connectivity index (χ0v) is 8.91. The number of aromatic nitrogens is 3. The van der Waals surface area contributed by atoms with Gasteiger partial charge in [0.05, 0.1) is 23.1 Å². The zero-order valence-electron chi connectivity index (χ0n) is 8.91. The minimum Gasteiger partial charge on any atom is -0.307 e. The SMILES string of the molecule is Cc1nn(CC(F)(F)F)c2cnc(C=N)cc12. The second-order valence-corrected chi connectivity index (χ2v) is 3.63. The number of hydrogen-bond acceptors (Lipinski definition) is 3. The number of alkyl halides is 3. The van der Waals surface area contributed by atoms with E-state index in [-0.39, 0.29) is 0 Å². The molecule has 17 heavy (non-hydrogen) atoms. The lowest BCUT2D eigenvalue weighted by atomic mass is 10.2. The van der Waals surface area contributed by atoms with Crippen molar-refractivity contribution in [2.45, 2.75) is 19.6 Å². The van der Waals surface area contributed by atoms with Crippen LogP contribution >= 0.6 is 0 Å². The Hall–Kier alpha value is -1.92. The van der Waals surface area contributed by atoms with Gasteiger partial charge < -0.3 is 5.41 Å². The van der Waals surface area contributed by atoms with Crippen molar-refractivity contribution in [3.8, 4) is 0 Å². The van der Waals surface area contributed by atoms with Gasteiger partial charge in [-0.15, -0.1) is 0 Å². The third kappa shape index (κ3) is 2.27. The Balaban J connectivity index is 2.56. The minimum atomic E-state index is -4.31. The number of pyridine rings is 1. The number of rotatable bonds is 2. The highest BCUT2D eigenvalue weighted by Gasteiger charge is 2.29. The first kappa shape index (κ1) is 11.6. The highest BCUT2D eigenvalue weighted by atomic mass is 19.4. The topological polar surface area (TPSA) is 54.6 Å². The van der Waals surface area contributed by atoms with Crippen molar-refractivity contribution in [3.05, 3.63) is 23.7 Å². The summed E-state index contributed by atoms with van der Waals surface area (Å²) in [4.78, 5) is 3.86. The van der Waals surface area contributed by atoms with Crippen molar-refractivity contribution in [2.24, 2.45) is 0 Å². The maximum Gasteiger partial charge on any atom is 0.408 e. The molecule has 0 saturated heterocycles. The van der Waals surface area contributed by atoms with Gasteiger partial charge in [0.2, 0.25) is 0 Å². The van der Waals surface area contributed by atoms with Gasteiger partial charge in [-0.1, -0.05) is 0 Å². The van der Waals surface area contributed by atoms with E-state index in [0.29, 0.717) is 22.3 Å². The van der Waals surface area contributed by atoms with Crippen LogP contribution in [-0.2, 0) is 6.54 Å². The lowest BCUT2D eigenvalue weighted by Gasteiger charge is -2.06. The fourth-order valence-corrected chi connectivity index (χ4v) is 1.62. The van der Waals surface area contributed by atoms with Crippen LogP contribution in [0.2, 0.25) is 0 Å². The smallest absolute Gasteiger partial charge is 0.307 e. The fraction of sp³-hybridized carbons (Fsp3) is 0.300. The Morgan fingerprint density at radius 1 is 1.47 bits per heavy atom. The number of halogens is 3. The van der Waals surface area contributed by atoms with Crippen LogP contribution in [0.1, 0.15) is 11.4 Å². The van der Waals surface area contributed by atoms with E-state index in [4.69, 9.17) is 5.41 Å². The Morgan fingerprint density at radius 2 is 2.18 bits per heavy atom. The molecule has 4 nitrogen and oxygen atoms in total. The number of hydrogen-bond donors (Lipinski definition) is 1. The second kappa shape index (κ2) is 3.83. The molecule has 0 aliphatic rings. The van der Waals surface area contributed by atoms with E-state index in [0.717, 1.165) is 10.9 Å². The monoisotopic (exact) mass is 242 g/mol. The van der Waals surface area contributed by atoms with Gasteiger partial charge in [0.25, 0.3) is 0 Å². The molecular formula is C10H9F3N4. The van der Waals surface area contributed by atoms with Gasteiger partial charge >= 0.3 is 6.18 Å². The Morgan fingerprint density at radius 3 is 2.76 bits per heavy atom. The molecule has 2 rings (SSSR count). The van der Waals surface area contributed by atoms with Crippen LogP contribution in [0.5, 0.6) is 0 Å². The van der Waals surface area contributed by atoms with Crippen molar-refractivity contribution in [1.82, 2.24) is 14.8 Å². The average Bonchev–Trinajstić information content (AvgIpc) is 2.53. The lowest BCUT2D eigenvalue weighted by Crippen LogP contribution is -2.18. The van der Waals surface area contributed by atoms with Gasteiger partial charge in [-0.3, -0.25) is 9.67 Å². The van der Waals surface area contributed by atoms with Gasteiger partial charge in [-0.2, -0.15) is 18.3 Å². The summed E-state index contributed by atoms with van der Waals surface area (Å²) in [6.07, 6.45) is -1.97. The van der Waals surface area contributed by atoms with Crippen LogP contribution in [0.15, 0.2) is 12.3 Å². The maximum atomic E-state index is 12.3. The van der Waals surface area contributed by atoms with E-state index >= 15 is 0 Å². The molecule has 0 radical (unpaired) electrons. The van der Waals surface area contributed by atoms with Crippen LogP contribution in [0.25, 0.3) is 10.9 Å². The van der Waals surface area contributed by atoms with E-state index in [2.05, 4.69) is 10.1 Å². The highest BCUT2D eigenvalue weighted by molar-refractivity contribution is 5.87. The summed E-state index contributed by atoms with van der Waals surface area (Å²) < 4.78 is 37.8. The van der Waals surface area contributed by atoms with Crippen molar-refractivity contribution >= 4 is 17.1 Å². The van der Waals surface area contributed by atoms with E-state index in [1.165, 1.54) is 6.20 Å². The Labute approximate surface area is 94.6 Å². The third-order valence-corrected chi connectivity index (χ3v) is 2.32. The van der Waals surface area contributed by atoms with Crippen LogP contribution < -0.4 is 0 Å². The summed E-state index contributed by atoms with van der Waals surface area (Å²) in [6.45, 7) is 0.492. The van der Waals surface area contributed by atoms with Crippen LogP contribution in [0.3, 0.4) is 0 Å². The fourth-order valence-electron chi connectivity index (χ4n) is 1.62. The molecule has 2 aromatic heterocycles. The molecular weight excluding hydrogens is 233 g/mol. The lowest BCUT2D eigenvalue weighted by molar-refractivity contribution is -0.141. The van der Waals surface area contributed by atoms with Crippen molar-refractivity contribution in [1.29, 1.82) is 5.41 Å². The van der Waals surface area contributed by atoms with Gasteiger partial charge in [-0.05, 0) is 13.0 Å². The summed E-state index contributed by atoms with van der Waals surface area (Å²) in [7, 11) is 0. The van der Waals surface area contributed by atoms with Gasteiger partial charge in [0, 0.05) is 11.6 Å². The number of nitrogens with one attached hydrogen (secondary N) is 1. The molecule has 1 N–H and O–H groups in total. The number of aryl methyl sites for hydroxylation is 1. The molecule has 2 aromatic rings. The molecule has 0 saturated carbocycles. The first-order valence-corrected chi connectivity index (χ1v) is 4.81. The molecule has 2 heterocycles. The molecule has 0 aromatic carbocycles. The molecule has 0 aliphatic carbocycles. The van der Waals surface area contributed by atoms with E-state index in [1.54, 1.807) is 13.0 Å². The predicted molar refractivity (Wildman–Crippen MR) is 56.2 cm³/mol. The maximum absolute atomic E-state index is 12.3. The molecule has 7 heteroatoms. The molecule has 0 spiro atoms. The normalized spacial score (nSPS) is 12.0. The summed E-state index contributed by atoms with van der Waals surface area (Å²) in [5.41, 5.74) is 1.22. The van der Waals surface area contributed by atoms with Crippen LogP contribution in [0, 0.1) is 12.3 Å². The minimum absolute atomic E-state index is 0.324. The molecule has 0 amide bonds. The summed E-state index contributed by atoms with van der Waals surface area (Å²) in [5.74, 6) is 0. The largest absolute Gasteiger partial charge is 0.408 e. The third-order valence-electron chi connectivity index (χ3n) is 2.32. The Kier molecular flexibility index (Phi) is 2.60. The van der Waals surface area contributed by atoms with Gasteiger partial charge in [0.15, 0.2) is 0 Å². The van der Waals surface area contributed by atoms with Crippen molar-refractivity contribution in [2.75, 3.05) is 0 Å². The number of fused-ring (bicyclic) bond motifs is 1. The first-order chi connectivity index (χ1) is 7.90. The molecule has 0 atom stereocenters. The van der Waals surface area contributed by atoms with Crippen molar-refractivity contribution < 1.29 is 13.2 Å². The second-order valence-electron chi connectivity index (χ2n) is 3.63. The van der Waals surface area contributed by atoms with Crippen molar-refractivity contribution in [3.63, 3.8) is 0 Å². The quantitative estimate of drug-likeness (QED) is 0.821. The Bertz CT molecular complexity index is 571. The molecule has 0 fully saturated rings. The summed E-state index contributed by atoms with van der Waals surface area (Å²) in [6, 6.07) is 1.55. The highest BCUT2D eigenvalue weighted by Crippen LogP contribution is 2.23. The summed E-state index contributed by atoms with van der Waals surface area (Å²) >= 11 is 0. The van der Waals surface area contributed by atoms with E-state index in [1.807, 2.05) is 0 Å². The molecule has 0 unspecified atom stereocenters. The van der Waals surface area contributed by atoms with Gasteiger partial charge in [0.1, 0.15) is 6.54 Å². The average molecular weight is 242 g/mol. The molecule has 0 bridgehead atoms. The standard InChI is InChI=1S/C10H9F3N4/c1-6-8-2-7(3-14)15-4-9(8)17(16-6)5-10(11,12)13/h2-4,14H,5H2,1H3.